The first-order chi connectivity index (χ1) is 18.2. The average molecular weight is 564 g/mol. The number of sulfonamides is 1. The number of carbonyl (C=O) groups is 2. The smallest absolute Gasteiger partial charge is 0.323 e. The second-order valence-electron chi connectivity index (χ2n) is 10.3. The van der Waals surface area contributed by atoms with Crippen LogP contribution in [0.15, 0.2) is 35.2 Å². The summed E-state index contributed by atoms with van der Waals surface area (Å²) in [5.74, 6) is -0.320. The van der Waals surface area contributed by atoms with Crippen molar-refractivity contribution in [2.45, 2.75) is 56.4 Å². The lowest BCUT2D eigenvalue weighted by molar-refractivity contribution is -0.138. The van der Waals surface area contributed by atoms with Crippen LogP contribution in [0, 0.1) is 11.8 Å². The summed E-state index contributed by atoms with van der Waals surface area (Å²) in [6.45, 7) is 7.55. The van der Waals surface area contributed by atoms with Crippen LogP contribution in [0.3, 0.4) is 0 Å². The van der Waals surface area contributed by atoms with E-state index < -0.39 is 34.5 Å². The van der Waals surface area contributed by atoms with Gasteiger partial charge in [-0.05, 0) is 68.7 Å². The van der Waals surface area contributed by atoms with Crippen molar-refractivity contribution in [3.8, 4) is 0 Å². The first kappa shape index (κ1) is 28.5. The van der Waals surface area contributed by atoms with Crippen LogP contribution in [-0.4, -0.2) is 69.2 Å². The van der Waals surface area contributed by atoms with Crippen LogP contribution >= 0.6 is 11.3 Å². The molecule has 38 heavy (non-hydrogen) atoms. The zero-order valence-corrected chi connectivity index (χ0v) is 23.5. The number of hydrogen-bond donors (Lipinski definition) is 4. The van der Waals surface area contributed by atoms with Crippen LogP contribution in [0.25, 0.3) is 0 Å². The van der Waals surface area contributed by atoms with Crippen LogP contribution in [0.2, 0.25) is 0 Å². The maximum absolute atomic E-state index is 13.2. The molecule has 2 aliphatic heterocycles. The molecule has 0 spiro atoms. The molecule has 0 bridgehead atoms. The SMILES string of the molecule is CC(C)c1nc(N2CCC(C3CCNCC3)CC2)sc1C(=O)NCC(NS(=O)(=O)c1ccccc1)C(=O)O. The van der Waals surface area contributed by atoms with Gasteiger partial charge in [-0.3, -0.25) is 9.59 Å². The summed E-state index contributed by atoms with van der Waals surface area (Å²) >= 11 is 1.32. The van der Waals surface area contributed by atoms with Gasteiger partial charge in [0.2, 0.25) is 10.0 Å². The van der Waals surface area contributed by atoms with E-state index in [9.17, 15) is 23.1 Å². The third-order valence-electron chi connectivity index (χ3n) is 7.37. The Hall–Kier alpha value is -2.54. The molecular formula is C26H37N5O5S2. The van der Waals surface area contributed by atoms with E-state index in [4.69, 9.17) is 4.98 Å². The maximum Gasteiger partial charge on any atom is 0.323 e. The number of nitrogens with one attached hydrogen (secondary N) is 3. The molecule has 2 aliphatic rings. The average Bonchev–Trinajstić information content (AvgIpc) is 3.38. The van der Waals surface area contributed by atoms with Crippen molar-refractivity contribution in [1.29, 1.82) is 0 Å². The van der Waals surface area contributed by atoms with Crippen molar-refractivity contribution in [2.75, 3.05) is 37.6 Å². The predicted molar refractivity (Wildman–Crippen MR) is 147 cm³/mol. The van der Waals surface area contributed by atoms with Gasteiger partial charge in [-0.25, -0.2) is 13.4 Å². The van der Waals surface area contributed by atoms with Crippen LogP contribution in [0.4, 0.5) is 5.13 Å². The van der Waals surface area contributed by atoms with Gasteiger partial charge in [0.05, 0.1) is 10.6 Å². The van der Waals surface area contributed by atoms with Crippen molar-refractivity contribution in [3.63, 3.8) is 0 Å². The normalized spacial score (nSPS) is 18.4. The largest absolute Gasteiger partial charge is 0.480 e. The fourth-order valence-corrected chi connectivity index (χ4v) is 7.60. The van der Waals surface area contributed by atoms with Crippen LogP contribution in [0.1, 0.15) is 60.8 Å². The molecule has 1 atom stereocenters. The van der Waals surface area contributed by atoms with Crippen LogP contribution < -0.4 is 20.3 Å². The number of amides is 1. The molecule has 12 heteroatoms. The summed E-state index contributed by atoms with van der Waals surface area (Å²) in [7, 11) is -4.06. The summed E-state index contributed by atoms with van der Waals surface area (Å²) in [4.78, 5) is 32.4. The van der Waals surface area contributed by atoms with Gasteiger partial charge < -0.3 is 20.6 Å². The lowest BCUT2D eigenvalue weighted by atomic mass is 9.79. The number of aliphatic carboxylic acids is 1. The minimum Gasteiger partial charge on any atom is -0.480 e. The molecule has 1 amide bonds. The standard InChI is InChI=1S/C26H37N5O5S2/c1-17(2)22-23(37-26(29-22)31-14-10-19(11-15-31)18-8-12-27-13-9-18)24(32)28-16-21(25(33)34)30-38(35,36)20-6-4-3-5-7-20/h3-7,17-19,21,27,30H,8-16H2,1-2H3,(H,28,32)(H,33,34). The van der Waals surface area contributed by atoms with E-state index in [1.54, 1.807) is 18.2 Å². The number of benzene rings is 1. The molecular weight excluding hydrogens is 526 g/mol. The third kappa shape index (κ3) is 6.90. The van der Waals surface area contributed by atoms with Gasteiger partial charge in [0, 0.05) is 19.6 Å². The highest BCUT2D eigenvalue weighted by Crippen LogP contribution is 2.36. The highest BCUT2D eigenvalue weighted by atomic mass is 32.2. The number of anilines is 1. The monoisotopic (exact) mass is 563 g/mol. The first-order valence-electron chi connectivity index (χ1n) is 13.2. The van der Waals surface area contributed by atoms with Crippen LogP contribution in [0.5, 0.6) is 0 Å². The Balaban J connectivity index is 1.40. The molecule has 1 aromatic carbocycles. The second kappa shape index (κ2) is 12.5. The lowest BCUT2D eigenvalue weighted by Gasteiger charge is -2.37. The number of rotatable bonds is 10. The Kier molecular flexibility index (Phi) is 9.40. The number of nitrogens with zero attached hydrogens (tertiary/aromatic N) is 2. The van der Waals surface area contributed by atoms with E-state index in [0.29, 0.717) is 10.6 Å². The summed E-state index contributed by atoms with van der Waals surface area (Å²) in [5.41, 5.74) is 0.666. The van der Waals surface area contributed by atoms with Gasteiger partial charge in [0.1, 0.15) is 10.9 Å². The number of thiazole rings is 1. The highest BCUT2D eigenvalue weighted by molar-refractivity contribution is 7.89. The minimum atomic E-state index is -4.06. The maximum atomic E-state index is 13.2. The number of carboxylic acids is 1. The quantitative estimate of drug-likeness (QED) is 0.346. The van der Waals surface area contributed by atoms with E-state index in [1.165, 1.54) is 36.3 Å². The van der Waals surface area contributed by atoms with E-state index in [-0.39, 0.29) is 10.8 Å². The summed E-state index contributed by atoms with van der Waals surface area (Å²) in [6.07, 6.45) is 4.71. The van der Waals surface area contributed by atoms with Gasteiger partial charge in [-0.1, -0.05) is 43.4 Å². The van der Waals surface area contributed by atoms with E-state index in [2.05, 4.69) is 20.3 Å². The van der Waals surface area contributed by atoms with E-state index >= 15 is 0 Å². The summed E-state index contributed by atoms with van der Waals surface area (Å²) in [6, 6.07) is 6.01. The molecule has 0 aliphatic carbocycles. The molecule has 1 unspecified atom stereocenters. The van der Waals surface area contributed by atoms with Crippen LogP contribution in [-0.2, 0) is 14.8 Å². The van der Waals surface area contributed by atoms with Crippen molar-refractivity contribution in [1.82, 2.24) is 20.3 Å². The number of carbonyl (C=O) groups excluding carboxylic acids is 1. The number of carboxylic acid groups (broad SMARTS) is 1. The third-order valence-corrected chi connectivity index (χ3v) is 9.99. The molecule has 1 aromatic heterocycles. The fourth-order valence-electron chi connectivity index (χ4n) is 5.20. The predicted octanol–water partition coefficient (Wildman–Crippen LogP) is 2.64. The lowest BCUT2D eigenvalue weighted by Crippen LogP contribution is -2.48. The fraction of sp³-hybridized carbons (Fsp3) is 0.577. The topological polar surface area (TPSA) is 141 Å². The highest BCUT2D eigenvalue weighted by Gasteiger charge is 2.31. The van der Waals surface area contributed by atoms with Gasteiger partial charge in [0.15, 0.2) is 5.13 Å². The second-order valence-corrected chi connectivity index (χ2v) is 13.0. The molecule has 2 aromatic rings. The Morgan fingerprint density at radius 2 is 1.74 bits per heavy atom. The molecule has 208 valence electrons. The molecule has 2 fully saturated rings. The van der Waals surface area contributed by atoms with Crippen molar-refractivity contribution in [2.24, 2.45) is 11.8 Å². The van der Waals surface area contributed by atoms with Crippen molar-refractivity contribution >= 4 is 38.4 Å². The van der Waals surface area contributed by atoms with Gasteiger partial charge >= 0.3 is 5.97 Å². The Bertz CT molecular complexity index is 1200. The molecule has 3 heterocycles. The van der Waals surface area contributed by atoms with Gasteiger partial charge in [0.25, 0.3) is 5.91 Å². The molecule has 0 saturated carbocycles. The van der Waals surface area contributed by atoms with E-state index in [1.807, 2.05) is 13.8 Å². The summed E-state index contributed by atoms with van der Waals surface area (Å²) < 4.78 is 27.4. The minimum absolute atomic E-state index is 0.000109. The van der Waals surface area contributed by atoms with Crippen molar-refractivity contribution in [3.05, 3.63) is 40.9 Å². The molecule has 0 radical (unpaired) electrons. The Morgan fingerprint density at radius 3 is 2.34 bits per heavy atom. The zero-order valence-electron chi connectivity index (χ0n) is 21.9. The number of hydrogen-bond acceptors (Lipinski definition) is 8. The summed E-state index contributed by atoms with van der Waals surface area (Å²) in [5, 5.41) is 16.5. The van der Waals surface area contributed by atoms with Gasteiger partial charge in [-0.2, -0.15) is 4.72 Å². The Morgan fingerprint density at radius 1 is 1.11 bits per heavy atom. The van der Waals surface area contributed by atoms with Crippen molar-refractivity contribution < 1.29 is 23.1 Å². The molecule has 10 nitrogen and oxygen atoms in total. The number of piperidine rings is 2. The molecule has 2 saturated heterocycles. The first-order valence-corrected chi connectivity index (χ1v) is 15.5. The molecule has 4 rings (SSSR count). The number of aromatic nitrogens is 1. The van der Waals surface area contributed by atoms with Gasteiger partial charge in [-0.15, -0.1) is 0 Å². The molecule has 4 N–H and O–H groups in total. The zero-order chi connectivity index (χ0) is 27.3. The van der Waals surface area contributed by atoms with E-state index in [0.717, 1.165) is 56.0 Å². The Labute approximate surface area is 228 Å².